The minimum absolute atomic E-state index is 0.109. The van der Waals surface area contributed by atoms with Crippen molar-refractivity contribution in [3.8, 4) is 0 Å². The number of benzene rings is 2. The summed E-state index contributed by atoms with van der Waals surface area (Å²) >= 11 is 0. The second-order valence-corrected chi connectivity index (χ2v) is 6.36. The molecule has 1 aliphatic rings. The van der Waals surface area contributed by atoms with Crippen LogP contribution >= 0.6 is 0 Å². The fraction of sp³-hybridized carbons (Fsp3) is 0.190. The topological polar surface area (TPSA) is 76.8 Å². The number of carbonyl (C=O) groups is 1. The highest BCUT2D eigenvalue weighted by atomic mass is 16.1. The van der Waals surface area contributed by atoms with E-state index in [1.165, 1.54) is 6.21 Å². The fourth-order valence-electron chi connectivity index (χ4n) is 3.04. The maximum atomic E-state index is 12.8. The van der Waals surface area contributed by atoms with Crippen molar-refractivity contribution in [3.05, 3.63) is 76.9 Å². The lowest BCUT2D eigenvalue weighted by Gasteiger charge is -2.18. The zero-order chi connectivity index (χ0) is 17.9. The number of rotatable bonds is 6. The Labute approximate surface area is 147 Å². The Morgan fingerprint density at radius 1 is 1.12 bits per heavy atom. The fourth-order valence-corrected chi connectivity index (χ4v) is 3.04. The molecular weight excluding hydrogens is 310 g/mol. The van der Waals surface area contributed by atoms with Gasteiger partial charge in [0.15, 0.2) is 0 Å². The smallest absolute Gasteiger partial charge is 0.251 e. The molecule has 2 aromatic carbocycles. The molecule has 0 heterocycles. The Balaban J connectivity index is 1.87. The molecule has 4 nitrogen and oxygen atoms in total. The summed E-state index contributed by atoms with van der Waals surface area (Å²) in [4.78, 5) is 12.8. The zero-order valence-electron chi connectivity index (χ0n) is 14.2. The molecule has 126 valence electrons. The molecule has 0 saturated heterocycles. The van der Waals surface area contributed by atoms with Crippen molar-refractivity contribution >= 4 is 23.9 Å². The molecule has 0 radical (unpaired) electrons. The molecule has 3 rings (SSSR count). The minimum Gasteiger partial charge on any atom is -0.343 e. The highest BCUT2D eigenvalue weighted by molar-refractivity contribution is 6.13. The van der Waals surface area contributed by atoms with Crippen LogP contribution < -0.4 is 5.32 Å². The summed E-state index contributed by atoms with van der Waals surface area (Å²) < 4.78 is 0. The van der Waals surface area contributed by atoms with Gasteiger partial charge in [0.2, 0.25) is 0 Å². The van der Waals surface area contributed by atoms with E-state index < -0.39 is 0 Å². The van der Waals surface area contributed by atoms with E-state index in [-0.39, 0.29) is 11.4 Å². The van der Waals surface area contributed by atoms with Crippen molar-refractivity contribution in [3.63, 3.8) is 0 Å². The first kappa shape index (κ1) is 16.8. The van der Waals surface area contributed by atoms with Crippen LogP contribution in [0.2, 0.25) is 0 Å². The van der Waals surface area contributed by atoms with Crippen molar-refractivity contribution in [2.45, 2.75) is 25.3 Å². The van der Waals surface area contributed by atoms with Crippen LogP contribution in [-0.2, 0) is 5.54 Å². The Kier molecular flexibility index (Phi) is 4.61. The van der Waals surface area contributed by atoms with E-state index in [9.17, 15) is 4.79 Å². The lowest BCUT2D eigenvalue weighted by molar-refractivity contribution is 0.0931. The van der Waals surface area contributed by atoms with Crippen LogP contribution in [0.1, 0.15) is 39.9 Å². The monoisotopic (exact) mass is 331 g/mol. The number of nitrogens with one attached hydrogen (secondary N) is 3. The summed E-state index contributed by atoms with van der Waals surface area (Å²) in [6.45, 7) is 1.94. The summed E-state index contributed by atoms with van der Waals surface area (Å²) in [5, 5.41) is 18.0. The molecule has 0 atom stereocenters. The maximum absolute atomic E-state index is 12.8. The first-order chi connectivity index (χ1) is 12.1. The summed E-state index contributed by atoms with van der Waals surface area (Å²) in [5.74, 6) is -0.109. The van der Waals surface area contributed by atoms with Gasteiger partial charge in [0, 0.05) is 23.6 Å². The maximum Gasteiger partial charge on any atom is 0.251 e. The molecular formula is C21H21N3O. The molecule has 1 aliphatic carbocycles. The van der Waals surface area contributed by atoms with E-state index in [0.29, 0.717) is 11.1 Å². The van der Waals surface area contributed by atoms with Crippen molar-refractivity contribution in [2.75, 3.05) is 0 Å². The van der Waals surface area contributed by atoms with Gasteiger partial charge in [-0.15, -0.1) is 0 Å². The van der Waals surface area contributed by atoms with E-state index in [0.717, 1.165) is 35.7 Å². The van der Waals surface area contributed by atoms with Crippen LogP contribution in [0, 0.1) is 17.7 Å². The third-order valence-corrected chi connectivity index (χ3v) is 4.66. The molecule has 1 fully saturated rings. The van der Waals surface area contributed by atoms with Crippen LogP contribution in [0.25, 0.3) is 5.57 Å². The molecule has 1 amide bonds. The predicted octanol–water partition coefficient (Wildman–Crippen LogP) is 4.10. The molecule has 3 N–H and O–H groups in total. The van der Waals surface area contributed by atoms with Gasteiger partial charge in [0.1, 0.15) is 0 Å². The molecule has 0 unspecified atom stereocenters. The Bertz CT molecular complexity index is 849. The lowest BCUT2D eigenvalue weighted by atomic mass is 9.97. The van der Waals surface area contributed by atoms with E-state index in [2.05, 4.69) is 5.32 Å². The third kappa shape index (κ3) is 3.43. The second kappa shape index (κ2) is 6.85. The van der Waals surface area contributed by atoms with E-state index in [1.807, 2.05) is 43.3 Å². The molecule has 0 aliphatic heterocycles. The number of aryl methyl sites for hydroxylation is 1. The summed E-state index contributed by atoms with van der Waals surface area (Å²) in [6.07, 6.45) is 5.81. The van der Waals surface area contributed by atoms with Gasteiger partial charge in [0.25, 0.3) is 5.91 Å². The second-order valence-electron chi connectivity index (χ2n) is 6.36. The quantitative estimate of drug-likeness (QED) is 0.685. The van der Waals surface area contributed by atoms with Gasteiger partial charge < -0.3 is 16.1 Å². The zero-order valence-corrected chi connectivity index (χ0v) is 14.2. The molecule has 0 bridgehead atoms. The normalized spacial score (nSPS) is 15.3. The Morgan fingerprint density at radius 2 is 1.84 bits per heavy atom. The number of amides is 1. The predicted molar refractivity (Wildman–Crippen MR) is 102 cm³/mol. The Hall–Kier alpha value is -3.01. The summed E-state index contributed by atoms with van der Waals surface area (Å²) in [6, 6.07) is 15.5. The largest absolute Gasteiger partial charge is 0.343 e. The molecule has 25 heavy (non-hydrogen) atoms. The van der Waals surface area contributed by atoms with Gasteiger partial charge in [-0.1, -0.05) is 36.4 Å². The highest BCUT2D eigenvalue weighted by Gasteiger charge is 2.45. The van der Waals surface area contributed by atoms with Crippen LogP contribution in [0.15, 0.2) is 54.6 Å². The van der Waals surface area contributed by atoms with Crippen LogP contribution in [0.4, 0.5) is 0 Å². The average molecular weight is 331 g/mol. The summed E-state index contributed by atoms with van der Waals surface area (Å²) in [7, 11) is 0. The van der Waals surface area contributed by atoms with Gasteiger partial charge >= 0.3 is 0 Å². The lowest BCUT2D eigenvalue weighted by Crippen LogP contribution is -2.34. The highest BCUT2D eigenvalue weighted by Crippen LogP contribution is 2.45. The number of hydrogen-bond acceptors (Lipinski definition) is 3. The van der Waals surface area contributed by atoms with Gasteiger partial charge in [-0.25, -0.2) is 0 Å². The van der Waals surface area contributed by atoms with Crippen LogP contribution in [0.5, 0.6) is 0 Å². The van der Waals surface area contributed by atoms with E-state index in [1.54, 1.807) is 18.2 Å². The van der Waals surface area contributed by atoms with Gasteiger partial charge in [-0.05, 0) is 54.7 Å². The molecule has 2 aromatic rings. The van der Waals surface area contributed by atoms with Crippen LogP contribution in [-0.4, -0.2) is 18.3 Å². The van der Waals surface area contributed by atoms with Crippen molar-refractivity contribution in [1.82, 2.24) is 5.32 Å². The SMILES string of the molecule is Cc1ccc(C(=O)NC2(c3ccccc3)CC2)cc1/C(C=N)=C/C=N. The first-order valence-electron chi connectivity index (χ1n) is 8.30. The van der Waals surface area contributed by atoms with Gasteiger partial charge in [-0.3, -0.25) is 4.79 Å². The first-order valence-corrected chi connectivity index (χ1v) is 8.30. The van der Waals surface area contributed by atoms with E-state index in [4.69, 9.17) is 10.8 Å². The van der Waals surface area contributed by atoms with Gasteiger partial charge in [0.05, 0.1) is 5.54 Å². The van der Waals surface area contributed by atoms with Crippen LogP contribution in [0.3, 0.4) is 0 Å². The molecule has 0 aromatic heterocycles. The van der Waals surface area contributed by atoms with Crippen molar-refractivity contribution in [2.24, 2.45) is 0 Å². The van der Waals surface area contributed by atoms with Crippen molar-refractivity contribution < 1.29 is 4.79 Å². The Morgan fingerprint density at radius 3 is 2.44 bits per heavy atom. The molecule has 4 heteroatoms. The molecule has 0 spiro atoms. The molecule has 1 saturated carbocycles. The number of hydrogen-bond donors (Lipinski definition) is 3. The average Bonchev–Trinajstić information content (AvgIpc) is 3.42. The third-order valence-electron chi connectivity index (χ3n) is 4.66. The summed E-state index contributed by atoms with van der Waals surface area (Å²) in [5.41, 5.74) is 3.85. The van der Waals surface area contributed by atoms with Gasteiger partial charge in [-0.2, -0.15) is 0 Å². The van der Waals surface area contributed by atoms with E-state index >= 15 is 0 Å². The van der Waals surface area contributed by atoms with Crippen molar-refractivity contribution in [1.29, 1.82) is 10.8 Å². The minimum atomic E-state index is -0.251. The standard InChI is InChI=1S/C21H21N3O/c1-15-7-8-16(13-19(15)17(14-23)9-12-22)20(25)24-21(10-11-21)18-5-3-2-4-6-18/h2-9,12-14,22-23H,10-11H2,1H3,(H,24,25)/b17-9+,22-12?,23-14?. The number of allylic oxidation sites excluding steroid dienone is 2. The number of carbonyl (C=O) groups excluding carboxylic acids is 1.